The van der Waals surface area contributed by atoms with E-state index in [0.717, 1.165) is 30.4 Å². The first-order valence-corrected chi connectivity index (χ1v) is 8.43. The van der Waals surface area contributed by atoms with Crippen molar-refractivity contribution >= 4 is 6.08 Å². The van der Waals surface area contributed by atoms with E-state index in [1.54, 1.807) is 0 Å². The fraction of sp³-hybridized carbons (Fsp3) is 0.333. The van der Waals surface area contributed by atoms with E-state index in [1.807, 2.05) is 24.3 Å². The lowest BCUT2D eigenvalue weighted by Gasteiger charge is -2.37. The summed E-state index contributed by atoms with van der Waals surface area (Å²) in [4.78, 5) is 0. The second kappa shape index (κ2) is 7.30. The van der Waals surface area contributed by atoms with Gasteiger partial charge in [0.15, 0.2) is 0 Å². The lowest BCUT2D eigenvalue weighted by atomic mass is 9.75. The van der Waals surface area contributed by atoms with Crippen LogP contribution in [-0.2, 0) is 0 Å². The summed E-state index contributed by atoms with van der Waals surface area (Å²) in [5.41, 5.74) is 2.42. The number of nitrogens with one attached hydrogen (secondary N) is 1. The van der Waals surface area contributed by atoms with Gasteiger partial charge in [0, 0.05) is 23.9 Å². The molecular formula is C21H21N3. The standard InChI is InChI=1S/C21H21N3/c1-2-17-19-11-12-20(24-19)18(21(17)16(13-22)14-23)10-6-9-15-7-4-3-5-8-15/h2-9,17-20,24H,1,10-12H2/b9-6+/t17-,18+,19-,20?/m0/s1. The highest BCUT2D eigenvalue weighted by Crippen LogP contribution is 2.43. The summed E-state index contributed by atoms with van der Waals surface area (Å²) in [6.07, 6.45) is 9.16. The molecule has 3 rings (SSSR count). The molecule has 1 aromatic carbocycles. The van der Waals surface area contributed by atoms with E-state index < -0.39 is 0 Å². The second-order valence-electron chi connectivity index (χ2n) is 6.43. The summed E-state index contributed by atoms with van der Waals surface area (Å²) in [7, 11) is 0. The predicted molar refractivity (Wildman–Crippen MR) is 95.5 cm³/mol. The summed E-state index contributed by atoms with van der Waals surface area (Å²) in [6, 6.07) is 15.1. The van der Waals surface area contributed by atoms with Crippen LogP contribution in [-0.4, -0.2) is 12.1 Å². The minimum Gasteiger partial charge on any atom is -0.310 e. The van der Waals surface area contributed by atoms with Crippen LogP contribution < -0.4 is 5.32 Å². The highest BCUT2D eigenvalue weighted by atomic mass is 15.0. The first kappa shape index (κ1) is 16.2. The Kier molecular flexibility index (Phi) is 4.94. The van der Waals surface area contributed by atoms with E-state index in [-0.39, 0.29) is 17.4 Å². The zero-order valence-corrected chi connectivity index (χ0v) is 13.7. The number of hydrogen-bond acceptors (Lipinski definition) is 3. The van der Waals surface area contributed by atoms with Crippen LogP contribution >= 0.6 is 0 Å². The molecule has 2 bridgehead atoms. The van der Waals surface area contributed by atoms with Crippen molar-refractivity contribution < 1.29 is 0 Å². The summed E-state index contributed by atoms with van der Waals surface area (Å²) in [5.74, 6) is 0.259. The molecule has 0 aliphatic carbocycles. The fourth-order valence-electron chi connectivity index (χ4n) is 4.09. The molecule has 1 unspecified atom stereocenters. The van der Waals surface area contributed by atoms with Gasteiger partial charge in [-0.1, -0.05) is 48.6 Å². The number of allylic oxidation sites excluding steroid dienone is 2. The van der Waals surface area contributed by atoms with Crippen LogP contribution in [0.15, 0.2) is 60.2 Å². The lowest BCUT2D eigenvalue weighted by molar-refractivity contribution is 0.327. The number of benzene rings is 1. The summed E-state index contributed by atoms with van der Waals surface area (Å²) in [5, 5.41) is 22.5. The van der Waals surface area contributed by atoms with Crippen LogP contribution in [0, 0.1) is 34.5 Å². The molecule has 4 atom stereocenters. The molecule has 3 heteroatoms. The Hall–Kier alpha value is -2.62. The Morgan fingerprint density at radius 1 is 1.17 bits per heavy atom. The van der Waals surface area contributed by atoms with Crippen molar-refractivity contribution in [2.75, 3.05) is 0 Å². The molecule has 1 N–H and O–H groups in total. The normalized spacial score (nSPS) is 28.3. The molecule has 0 aromatic heterocycles. The zero-order valence-electron chi connectivity index (χ0n) is 13.7. The quantitative estimate of drug-likeness (QED) is 0.675. The van der Waals surface area contributed by atoms with Crippen LogP contribution in [0.1, 0.15) is 24.8 Å². The number of hydrogen-bond donors (Lipinski definition) is 1. The summed E-state index contributed by atoms with van der Waals surface area (Å²) in [6.45, 7) is 3.95. The van der Waals surface area contributed by atoms with Gasteiger partial charge >= 0.3 is 0 Å². The summed E-state index contributed by atoms with van der Waals surface area (Å²) >= 11 is 0. The monoisotopic (exact) mass is 315 g/mol. The van der Waals surface area contributed by atoms with Gasteiger partial charge in [-0.3, -0.25) is 0 Å². The average Bonchev–Trinajstić information content (AvgIpc) is 3.05. The minimum atomic E-state index is 0.0770. The second-order valence-corrected chi connectivity index (χ2v) is 6.43. The molecule has 2 aliphatic rings. The van der Waals surface area contributed by atoms with Crippen molar-refractivity contribution in [2.24, 2.45) is 11.8 Å². The van der Waals surface area contributed by atoms with Crippen LogP contribution in [0.5, 0.6) is 0 Å². The minimum absolute atomic E-state index is 0.0770. The number of nitrogens with zero attached hydrogens (tertiary/aromatic N) is 2. The Morgan fingerprint density at radius 2 is 1.88 bits per heavy atom. The smallest absolute Gasteiger partial charge is 0.129 e. The van der Waals surface area contributed by atoms with E-state index in [4.69, 9.17) is 0 Å². The van der Waals surface area contributed by atoms with E-state index in [2.05, 4.69) is 48.3 Å². The molecule has 0 spiro atoms. The van der Waals surface area contributed by atoms with E-state index in [9.17, 15) is 10.5 Å². The topological polar surface area (TPSA) is 59.6 Å². The number of nitriles is 2. The van der Waals surface area contributed by atoms with Gasteiger partial charge in [0.25, 0.3) is 0 Å². The first-order valence-electron chi connectivity index (χ1n) is 8.43. The van der Waals surface area contributed by atoms with E-state index >= 15 is 0 Å². The van der Waals surface area contributed by atoms with Crippen LogP contribution in [0.2, 0.25) is 0 Å². The SMILES string of the molecule is C=C[C@@H]1C(=C(C#N)C#N)[C@H](C/C=C/c2ccccc2)C2CC[C@@H]1N2. The van der Waals surface area contributed by atoms with Crippen LogP contribution in [0.3, 0.4) is 0 Å². The van der Waals surface area contributed by atoms with Crippen molar-refractivity contribution in [2.45, 2.75) is 31.3 Å². The van der Waals surface area contributed by atoms with Crippen molar-refractivity contribution in [3.8, 4) is 12.1 Å². The number of rotatable bonds is 4. The Labute approximate surface area is 143 Å². The summed E-state index contributed by atoms with van der Waals surface area (Å²) < 4.78 is 0. The molecule has 1 aromatic rings. The molecule has 2 saturated heterocycles. The molecule has 2 heterocycles. The van der Waals surface area contributed by atoms with Gasteiger partial charge in [-0.15, -0.1) is 6.58 Å². The van der Waals surface area contributed by atoms with Crippen molar-refractivity contribution in [3.63, 3.8) is 0 Å². The van der Waals surface area contributed by atoms with Crippen molar-refractivity contribution in [3.05, 3.63) is 65.8 Å². The van der Waals surface area contributed by atoms with Crippen molar-refractivity contribution in [1.82, 2.24) is 5.32 Å². The van der Waals surface area contributed by atoms with Gasteiger partial charge < -0.3 is 5.32 Å². The zero-order chi connectivity index (χ0) is 16.9. The van der Waals surface area contributed by atoms with Gasteiger partial charge in [0.1, 0.15) is 17.7 Å². The molecule has 2 fully saturated rings. The first-order chi connectivity index (χ1) is 11.8. The highest BCUT2D eigenvalue weighted by Gasteiger charge is 2.44. The van der Waals surface area contributed by atoms with Gasteiger partial charge in [-0.2, -0.15) is 10.5 Å². The molecule has 2 aliphatic heterocycles. The van der Waals surface area contributed by atoms with Crippen LogP contribution in [0.4, 0.5) is 0 Å². The number of piperidine rings is 1. The molecular weight excluding hydrogens is 294 g/mol. The predicted octanol–water partition coefficient (Wildman–Crippen LogP) is 3.99. The Bertz CT molecular complexity index is 730. The van der Waals surface area contributed by atoms with Gasteiger partial charge in [-0.25, -0.2) is 0 Å². The average molecular weight is 315 g/mol. The Balaban J connectivity index is 1.90. The number of fused-ring (bicyclic) bond motifs is 2. The molecule has 3 nitrogen and oxygen atoms in total. The van der Waals surface area contributed by atoms with E-state index in [1.165, 1.54) is 0 Å². The van der Waals surface area contributed by atoms with E-state index in [0.29, 0.717) is 12.1 Å². The van der Waals surface area contributed by atoms with Crippen molar-refractivity contribution in [1.29, 1.82) is 10.5 Å². The highest BCUT2D eigenvalue weighted by molar-refractivity contribution is 5.50. The molecule has 24 heavy (non-hydrogen) atoms. The third-order valence-electron chi connectivity index (χ3n) is 5.16. The largest absolute Gasteiger partial charge is 0.310 e. The molecule has 0 amide bonds. The van der Waals surface area contributed by atoms with Gasteiger partial charge in [0.05, 0.1) is 0 Å². The van der Waals surface area contributed by atoms with Crippen LogP contribution in [0.25, 0.3) is 6.08 Å². The third kappa shape index (κ3) is 3.04. The third-order valence-corrected chi connectivity index (χ3v) is 5.16. The fourth-order valence-corrected chi connectivity index (χ4v) is 4.09. The maximum absolute atomic E-state index is 9.40. The van der Waals surface area contributed by atoms with Gasteiger partial charge in [-0.05, 0) is 30.4 Å². The molecule has 120 valence electrons. The molecule has 0 saturated carbocycles. The molecule has 0 radical (unpaired) electrons. The maximum Gasteiger partial charge on any atom is 0.129 e. The Morgan fingerprint density at radius 3 is 2.54 bits per heavy atom. The maximum atomic E-state index is 9.40. The lowest BCUT2D eigenvalue weighted by Crippen LogP contribution is -2.47. The van der Waals surface area contributed by atoms with Gasteiger partial charge in [0.2, 0.25) is 0 Å².